The second-order valence-electron chi connectivity index (χ2n) is 5.35. The van der Waals surface area contributed by atoms with Crippen LogP contribution in [0.1, 0.15) is 42.1 Å². The van der Waals surface area contributed by atoms with E-state index in [-0.39, 0.29) is 6.04 Å². The van der Waals surface area contributed by atoms with Gasteiger partial charge in [-0.3, -0.25) is 0 Å². The fourth-order valence-electron chi connectivity index (χ4n) is 2.61. The molecule has 2 nitrogen and oxygen atoms in total. The molecular formula is C19H25NO. The van der Waals surface area contributed by atoms with Crippen LogP contribution in [-0.2, 0) is 0 Å². The van der Waals surface area contributed by atoms with Gasteiger partial charge < -0.3 is 10.1 Å². The zero-order valence-corrected chi connectivity index (χ0v) is 13.4. The van der Waals surface area contributed by atoms with Crippen molar-refractivity contribution in [2.45, 2.75) is 33.7 Å². The van der Waals surface area contributed by atoms with E-state index in [0.29, 0.717) is 6.61 Å². The molecule has 0 heterocycles. The minimum absolute atomic E-state index is 0.227. The molecule has 0 aromatic heterocycles. The molecule has 1 unspecified atom stereocenters. The quantitative estimate of drug-likeness (QED) is 0.848. The van der Waals surface area contributed by atoms with Crippen molar-refractivity contribution in [3.05, 3.63) is 64.7 Å². The summed E-state index contributed by atoms with van der Waals surface area (Å²) in [5.74, 6) is 0.928. The van der Waals surface area contributed by atoms with E-state index in [1.165, 1.54) is 22.3 Å². The fraction of sp³-hybridized carbons (Fsp3) is 0.368. The van der Waals surface area contributed by atoms with E-state index in [1.807, 2.05) is 19.1 Å². The molecule has 0 amide bonds. The molecule has 0 fully saturated rings. The minimum Gasteiger partial charge on any atom is -0.494 e. The molecule has 0 radical (unpaired) electrons. The van der Waals surface area contributed by atoms with E-state index in [2.05, 4.69) is 56.4 Å². The molecule has 0 saturated heterocycles. The lowest BCUT2D eigenvalue weighted by Gasteiger charge is -2.22. The van der Waals surface area contributed by atoms with Crippen LogP contribution in [0.2, 0.25) is 0 Å². The summed E-state index contributed by atoms with van der Waals surface area (Å²) in [6.45, 7) is 10.1. The molecule has 2 heteroatoms. The maximum atomic E-state index is 5.53. The van der Waals surface area contributed by atoms with Crippen LogP contribution in [0.4, 0.5) is 0 Å². The molecule has 2 rings (SSSR count). The van der Waals surface area contributed by atoms with E-state index in [0.717, 1.165) is 12.3 Å². The maximum Gasteiger partial charge on any atom is 0.119 e. The van der Waals surface area contributed by atoms with Gasteiger partial charge in [-0.05, 0) is 56.1 Å². The molecule has 0 bridgehead atoms. The van der Waals surface area contributed by atoms with Gasteiger partial charge >= 0.3 is 0 Å². The van der Waals surface area contributed by atoms with Crippen molar-refractivity contribution >= 4 is 0 Å². The highest BCUT2D eigenvalue weighted by Gasteiger charge is 2.15. The highest BCUT2D eigenvalue weighted by Crippen LogP contribution is 2.27. The molecule has 1 N–H and O–H groups in total. The van der Waals surface area contributed by atoms with Crippen LogP contribution in [0.25, 0.3) is 0 Å². The normalized spacial score (nSPS) is 12.2. The largest absolute Gasteiger partial charge is 0.494 e. The van der Waals surface area contributed by atoms with E-state index in [9.17, 15) is 0 Å². The van der Waals surface area contributed by atoms with Crippen LogP contribution in [0.3, 0.4) is 0 Å². The molecule has 0 aliphatic heterocycles. The van der Waals surface area contributed by atoms with Crippen molar-refractivity contribution in [3.63, 3.8) is 0 Å². The zero-order chi connectivity index (χ0) is 15.2. The highest BCUT2D eigenvalue weighted by molar-refractivity contribution is 5.40. The fourth-order valence-corrected chi connectivity index (χ4v) is 2.61. The lowest BCUT2D eigenvalue weighted by Crippen LogP contribution is -2.22. The van der Waals surface area contributed by atoms with Gasteiger partial charge in [-0.15, -0.1) is 0 Å². The SMILES string of the molecule is CCNC(c1ccc(OCC)cc1)c1cc(C)ccc1C. The summed E-state index contributed by atoms with van der Waals surface area (Å²) in [5, 5.41) is 3.59. The van der Waals surface area contributed by atoms with E-state index < -0.39 is 0 Å². The number of nitrogens with one attached hydrogen (secondary N) is 1. The van der Waals surface area contributed by atoms with Crippen LogP contribution in [0, 0.1) is 13.8 Å². The molecule has 1 atom stereocenters. The number of hydrogen-bond donors (Lipinski definition) is 1. The molecule has 2 aromatic carbocycles. The van der Waals surface area contributed by atoms with Crippen molar-refractivity contribution in [1.29, 1.82) is 0 Å². The van der Waals surface area contributed by atoms with Gasteiger partial charge in [0.15, 0.2) is 0 Å². The summed E-state index contributed by atoms with van der Waals surface area (Å²) >= 11 is 0. The molecule has 2 aromatic rings. The van der Waals surface area contributed by atoms with Gasteiger partial charge in [0.25, 0.3) is 0 Å². The van der Waals surface area contributed by atoms with Gasteiger partial charge in [0.05, 0.1) is 12.6 Å². The number of aryl methyl sites for hydroxylation is 2. The van der Waals surface area contributed by atoms with E-state index in [1.54, 1.807) is 0 Å². The lowest BCUT2D eigenvalue weighted by molar-refractivity contribution is 0.340. The van der Waals surface area contributed by atoms with Gasteiger partial charge in [-0.1, -0.05) is 42.8 Å². The predicted octanol–water partition coefficient (Wildman–Crippen LogP) is 4.40. The monoisotopic (exact) mass is 283 g/mol. The van der Waals surface area contributed by atoms with Crippen LogP contribution in [-0.4, -0.2) is 13.2 Å². The van der Waals surface area contributed by atoms with Crippen LogP contribution >= 0.6 is 0 Å². The predicted molar refractivity (Wildman–Crippen MR) is 89.0 cm³/mol. The first-order valence-corrected chi connectivity index (χ1v) is 7.69. The van der Waals surface area contributed by atoms with Gasteiger partial charge in [0.1, 0.15) is 5.75 Å². The Morgan fingerprint density at radius 1 is 1.00 bits per heavy atom. The summed E-state index contributed by atoms with van der Waals surface area (Å²) in [5.41, 5.74) is 5.24. The standard InChI is InChI=1S/C19H25NO/c1-5-20-19(18-13-14(3)7-8-15(18)4)16-9-11-17(12-10-16)21-6-2/h7-13,19-20H,5-6H2,1-4H3. The second kappa shape index (κ2) is 7.28. The van der Waals surface area contributed by atoms with Crippen molar-refractivity contribution < 1.29 is 4.74 Å². The van der Waals surface area contributed by atoms with Gasteiger partial charge in [-0.2, -0.15) is 0 Å². The van der Waals surface area contributed by atoms with Crippen molar-refractivity contribution in [2.24, 2.45) is 0 Å². The summed E-state index contributed by atoms with van der Waals surface area (Å²) in [6.07, 6.45) is 0. The second-order valence-corrected chi connectivity index (χ2v) is 5.35. The first-order chi connectivity index (χ1) is 10.2. The molecule has 0 saturated carbocycles. The van der Waals surface area contributed by atoms with Crippen LogP contribution < -0.4 is 10.1 Å². The Hall–Kier alpha value is -1.80. The van der Waals surface area contributed by atoms with E-state index in [4.69, 9.17) is 4.74 Å². The third kappa shape index (κ3) is 3.85. The Bertz CT molecular complexity index is 575. The Morgan fingerprint density at radius 2 is 1.71 bits per heavy atom. The first kappa shape index (κ1) is 15.6. The number of rotatable bonds is 6. The molecule has 112 valence electrons. The third-order valence-electron chi connectivity index (χ3n) is 3.68. The Morgan fingerprint density at radius 3 is 2.33 bits per heavy atom. The summed E-state index contributed by atoms with van der Waals surface area (Å²) in [6, 6.07) is 15.3. The van der Waals surface area contributed by atoms with Gasteiger partial charge in [0.2, 0.25) is 0 Å². The van der Waals surface area contributed by atoms with Crippen LogP contribution in [0.15, 0.2) is 42.5 Å². The van der Waals surface area contributed by atoms with Crippen molar-refractivity contribution in [1.82, 2.24) is 5.32 Å². The number of ether oxygens (including phenoxy) is 1. The van der Waals surface area contributed by atoms with Crippen molar-refractivity contribution in [2.75, 3.05) is 13.2 Å². The topological polar surface area (TPSA) is 21.3 Å². The molecule has 0 aliphatic carbocycles. The smallest absolute Gasteiger partial charge is 0.119 e. The first-order valence-electron chi connectivity index (χ1n) is 7.69. The Kier molecular flexibility index (Phi) is 5.40. The Balaban J connectivity index is 2.35. The number of benzene rings is 2. The summed E-state index contributed by atoms with van der Waals surface area (Å²) in [4.78, 5) is 0. The summed E-state index contributed by atoms with van der Waals surface area (Å²) < 4.78 is 5.53. The van der Waals surface area contributed by atoms with Crippen LogP contribution in [0.5, 0.6) is 5.75 Å². The lowest BCUT2D eigenvalue weighted by atomic mass is 9.93. The third-order valence-corrected chi connectivity index (χ3v) is 3.68. The maximum absolute atomic E-state index is 5.53. The number of hydrogen-bond acceptors (Lipinski definition) is 2. The van der Waals surface area contributed by atoms with E-state index >= 15 is 0 Å². The average Bonchev–Trinajstić information content (AvgIpc) is 2.49. The molecular weight excluding hydrogens is 258 g/mol. The van der Waals surface area contributed by atoms with Gasteiger partial charge in [0, 0.05) is 0 Å². The van der Waals surface area contributed by atoms with Gasteiger partial charge in [-0.25, -0.2) is 0 Å². The summed E-state index contributed by atoms with van der Waals surface area (Å²) in [7, 11) is 0. The molecule has 21 heavy (non-hydrogen) atoms. The zero-order valence-electron chi connectivity index (χ0n) is 13.4. The average molecular weight is 283 g/mol. The highest BCUT2D eigenvalue weighted by atomic mass is 16.5. The molecule has 0 aliphatic rings. The Labute approximate surface area is 128 Å². The molecule has 0 spiro atoms. The van der Waals surface area contributed by atoms with Crippen molar-refractivity contribution in [3.8, 4) is 5.75 Å². The minimum atomic E-state index is 0.227.